The zero-order chi connectivity index (χ0) is 14.4. The monoisotopic (exact) mass is 308 g/mol. The molecule has 2 rings (SSSR count). The Morgan fingerprint density at radius 1 is 1.40 bits per heavy atom. The number of benzene rings is 1. The number of thiazole rings is 1. The highest BCUT2D eigenvalue weighted by Gasteiger charge is 2.04. The number of amides is 1. The summed E-state index contributed by atoms with van der Waals surface area (Å²) in [7, 11) is 0. The number of aryl methyl sites for hydroxylation is 1. The first-order valence-corrected chi connectivity index (χ1v) is 8.19. The van der Waals surface area contributed by atoms with Gasteiger partial charge in [-0.15, -0.1) is 23.1 Å². The number of carbonyl (C=O) groups excluding carboxylic acids is 1. The molecule has 1 amide bonds. The van der Waals surface area contributed by atoms with Gasteiger partial charge in [0.05, 0.1) is 23.1 Å². The molecule has 1 aromatic carbocycles. The van der Waals surface area contributed by atoms with Gasteiger partial charge >= 0.3 is 0 Å². The average molecular weight is 308 g/mol. The van der Waals surface area contributed by atoms with E-state index in [2.05, 4.69) is 10.3 Å². The zero-order valence-electron chi connectivity index (χ0n) is 11.1. The van der Waals surface area contributed by atoms with Crippen LogP contribution in [0.5, 0.6) is 0 Å². The van der Waals surface area contributed by atoms with Crippen LogP contribution in [0.2, 0.25) is 0 Å². The minimum atomic E-state index is -0.0290. The lowest BCUT2D eigenvalue weighted by molar-refractivity contribution is -0.113. The minimum Gasteiger partial charge on any atom is -0.392 e. The lowest BCUT2D eigenvalue weighted by Gasteiger charge is -2.05. The van der Waals surface area contributed by atoms with Gasteiger partial charge in [-0.2, -0.15) is 0 Å². The maximum Gasteiger partial charge on any atom is 0.234 e. The molecule has 0 fully saturated rings. The number of nitrogens with one attached hydrogen (secondary N) is 1. The van der Waals surface area contributed by atoms with Crippen LogP contribution in [-0.4, -0.2) is 21.8 Å². The van der Waals surface area contributed by atoms with E-state index >= 15 is 0 Å². The molecule has 0 aliphatic rings. The lowest BCUT2D eigenvalue weighted by Crippen LogP contribution is -2.14. The molecule has 1 heterocycles. The van der Waals surface area contributed by atoms with Crippen molar-refractivity contribution in [2.24, 2.45) is 0 Å². The smallest absolute Gasteiger partial charge is 0.234 e. The third-order valence-electron chi connectivity index (χ3n) is 2.57. The number of aromatic nitrogens is 1. The fourth-order valence-corrected chi connectivity index (χ4v) is 3.05. The first kappa shape index (κ1) is 15.0. The Hall–Kier alpha value is -1.37. The van der Waals surface area contributed by atoms with Crippen molar-refractivity contribution in [1.29, 1.82) is 0 Å². The maximum atomic E-state index is 11.8. The Kier molecular flexibility index (Phi) is 5.58. The van der Waals surface area contributed by atoms with Crippen molar-refractivity contribution in [2.75, 3.05) is 11.1 Å². The number of hydrogen-bond donors (Lipinski definition) is 2. The van der Waals surface area contributed by atoms with Gasteiger partial charge in [-0.25, -0.2) is 4.98 Å². The van der Waals surface area contributed by atoms with Crippen LogP contribution in [0.3, 0.4) is 0 Å². The summed E-state index contributed by atoms with van der Waals surface area (Å²) in [5, 5.41) is 14.8. The molecule has 1 aromatic heterocycles. The van der Waals surface area contributed by atoms with Crippen molar-refractivity contribution in [3.63, 3.8) is 0 Å². The predicted octanol–water partition coefficient (Wildman–Crippen LogP) is 2.82. The van der Waals surface area contributed by atoms with Crippen molar-refractivity contribution in [1.82, 2.24) is 4.98 Å². The van der Waals surface area contributed by atoms with E-state index in [9.17, 15) is 4.79 Å². The van der Waals surface area contributed by atoms with Crippen LogP contribution in [0.15, 0.2) is 29.6 Å². The molecule has 0 aliphatic heterocycles. The Morgan fingerprint density at radius 2 is 2.15 bits per heavy atom. The zero-order valence-corrected chi connectivity index (χ0v) is 12.8. The summed E-state index contributed by atoms with van der Waals surface area (Å²) < 4.78 is 0. The molecule has 0 aliphatic carbocycles. The molecule has 0 atom stereocenters. The van der Waals surface area contributed by atoms with E-state index in [4.69, 9.17) is 5.11 Å². The summed E-state index contributed by atoms with van der Waals surface area (Å²) >= 11 is 3.17. The van der Waals surface area contributed by atoms with E-state index in [0.29, 0.717) is 5.75 Å². The summed E-state index contributed by atoms with van der Waals surface area (Å²) in [5.74, 6) is 1.12. The van der Waals surface area contributed by atoms with Gasteiger partial charge in [-0.1, -0.05) is 12.1 Å². The number of thioether (sulfide) groups is 1. The Morgan fingerprint density at radius 3 is 2.75 bits per heavy atom. The van der Waals surface area contributed by atoms with E-state index < -0.39 is 0 Å². The second-order valence-corrected chi connectivity index (χ2v) is 6.30. The van der Waals surface area contributed by atoms with Gasteiger partial charge in [0.1, 0.15) is 0 Å². The second kappa shape index (κ2) is 7.42. The predicted molar refractivity (Wildman–Crippen MR) is 84.0 cm³/mol. The molecular formula is C14H16N2O2S2. The van der Waals surface area contributed by atoms with Crippen LogP contribution in [0.25, 0.3) is 0 Å². The summed E-state index contributed by atoms with van der Waals surface area (Å²) in [6, 6.07) is 7.16. The average Bonchev–Trinajstić information content (AvgIpc) is 2.85. The quantitative estimate of drug-likeness (QED) is 0.861. The van der Waals surface area contributed by atoms with E-state index in [1.165, 1.54) is 0 Å². The molecule has 106 valence electrons. The number of aliphatic hydroxyl groups is 1. The molecule has 0 unspecified atom stereocenters. The topological polar surface area (TPSA) is 62.2 Å². The summed E-state index contributed by atoms with van der Waals surface area (Å²) in [5.41, 5.74) is 2.60. The first-order chi connectivity index (χ1) is 9.67. The Balaban J connectivity index is 1.74. The molecule has 0 saturated heterocycles. The van der Waals surface area contributed by atoms with E-state index in [1.807, 2.05) is 12.3 Å². The summed E-state index contributed by atoms with van der Waals surface area (Å²) in [6.07, 6.45) is 0. The van der Waals surface area contributed by atoms with Gasteiger partial charge in [0.15, 0.2) is 0 Å². The number of hydrogen-bond acceptors (Lipinski definition) is 5. The van der Waals surface area contributed by atoms with E-state index in [-0.39, 0.29) is 12.5 Å². The number of nitrogens with zero attached hydrogens (tertiary/aromatic N) is 1. The molecule has 2 aromatic rings. The summed E-state index contributed by atoms with van der Waals surface area (Å²) in [4.78, 5) is 16.1. The summed E-state index contributed by atoms with van der Waals surface area (Å²) in [6.45, 7) is 1.98. The van der Waals surface area contributed by atoms with Crippen LogP contribution in [0, 0.1) is 6.92 Å². The fraction of sp³-hybridized carbons (Fsp3) is 0.286. The lowest BCUT2D eigenvalue weighted by atomic mass is 10.2. The van der Waals surface area contributed by atoms with Gasteiger partial charge in [-0.05, 0) is 24.6 Å². The fourth-order valence-electron chi connectivity index (χ4n) is 1.61. The standard InChI is InChI=1S/C14H16N2O2S2/c1-10-15-13(8-20-10)7-19-9-14(18)16-12-4-2-11(6-17)3-5-12/h2-5,8,17H,6-7,9H2,1H3,(H,16,18). The van der Waals surface area contributed by atoms with E-state index in [0.717, 1.165) is 27.7 Å². The van der Waals surface area contributed by atoms with Crippen molar-refractivity contribution in [2.45, 2.75) is 19.3 Å². The molecule has 0 radical (unpaired) electrons. The van der Waals surface area contributed by atoms with Crippen LogP contribution in [0.1, 0.15) is 16.3 Å². The molecule has 6 heteroatoms. The highest BCUT2D eigenvalue weighted by Crippen LogP contribution is 2.16. The molecular weight excluding hydrogens is 292 g/mol. The third-order valence-corrected chi connectivity index (χ3v) is 4.36. The second-order valence-electron chi connectivity index (χ2n) is 4.25. The van der Waals surface area contributed by atoms with Gasteiger partial charge in [0.25, 0.3) is 0 Å². The van der Waals surface area contributed by atoms with Crippen LogP contribution in [-0.2, 0) is 17.2 Å². The molecule has 2 N–H and O–H groups in total. The number of anilines is 1. The molecule has 4 nitrogen and oxygen atoms in total. The van der Waals surface area contributed by atoms with E-state index in [1.54, 1.807) is 47.4 Å². The number of rotatable bonds is 6. The van der Waals surface area contributed by atoms with Crippen molar-refractivity contribution >= 4 is 34.7 Å². The van der Waals surface area contributed by atoms with Gasteiger partial charge < -0.3 is 10.4 Å². The number of carbonyl (C=O) groups is 1. The van der Waals surface area contributed by atoms with Crippen LogP contribution in [0.4, 0.5) is 5.69 Å². The highest BCUT2D eigenvalue weighted by atomic mass is 32.2. The Labute approximate surface area is 126 Å². The number of aliphatic hydroxyl groups excluding tert-OH is 1. The van der Waals surface area contributed by atoms with Crippen molar-refractivity contribution < 1.29 is 9.90 Å². The molecule has 20 heavy (non-hydrogen) atoms. The molecule has 0 saturated carbocycles. The van der Waals surface area contributed by atoms with Crippen LogP contribution >= 0.6 is 23.1 Å². The minimum absolute atomic E-state index is 0.0110. The third kappa shape index (κ3) is 4.63. The largest absolute Gasteiger partial charge is 0.392 e. The van der Waals surface area contributed by atoms with Crippen LogP contribution < -0.4 is 5.32 Å². The van der Waals surface area contributed by atoms with Gasteiger partial charge in [-0.3, -0.25) is 4.79 Å². The highest BCUT2D eigenvalue weighted by molar-refractivity contribution is 7.99. The first-order valence-electron chi connectivity index (χ1n) is 6.16. The van der Waals surface area contributed by atoms with Gasteiger partial charge in [0.2, 0.25) is 5.91 Å². The SMILES string of the molecule is Cc1nc(CSCC(=O)Nc2ccc(CO)cc2)cs1. The van der Waals surface area contributed by atoms with Crippen molar-refractivity contribution in [3.8, 4) is 0 Å². The molecule has 0 bridgehead atoms. The molecule has 0 spiro atoms. The van der Waals surface area contributed by atoms with Crippen molar-refractivity contribution in [3.05, 3.63) is 45.9 Å². The maximum absolute atomic E-state index is 11.8. The van der Waals surface area contributed by atoms with Gasteiger partial charge in [0, 0.05) is 16.8 Å². The normalized spacial score (nSPS) is 10.5. The Bertz CT molecular complexity index is 567.